The van der Waals surface area contributed by atoms with Crippen LogP contribution < -0.4 is 10.6 Å². The molecular weight excluding hydrogens is 282 g/mol. The van der Waals surface area contributed by atoms with E-state index in [1.54, 1.807) is 0 Å². The van der Waals surface area contributed by atoms with Crippen molar-refractivity contribution in [3.8, 4) is 0 Å². The van der Waals surface area contributed by atoms with Crippen LogP contribution in [0.15, 0.2) is 0 Å². The van der Waals surface area contributed by atoms with Gasteiger partial charge in [0.15, 0.2) is 0 Å². The number of piperidine rings is 2. The lowest BCUT2D eigenvalue weighted by molar-refractivity contribution is -0.191. The minimum Gasteiger partial charge on any atom is -0.312 e. The Balaban J connectivity index is 1.48. The lowest BCUT2D eigenvalue weighted by Gasteiger charge is -2.39. The molecule has 3 aliphatic heterocycles. The number of carbonyl (C=O) groups is 2. The Labute approximate surface area is 131 Å². The van der Waals surface area contributed by atoms with Gasteiger partial charge in [0.2, 0.25) is 0 Å². The van der Waals surface area contributed by atoms with Gasteiger partial charge in [0.1, 0.15) is 0 Å². The second-order valence-corrected chi connectivity index (χ2v) is 7.02. The number of rotatable bonds is 4. The highest BCUT2D eigenvalue weighted by molar-refractivity contribution is 6.00. The van der Waals surface area contributed by atoms with Gasteiger partial charge in [-0.2, -0.15) is 5.06 Å². The van der Waals surface area contributed by atoms with Gasteiger partial charge in [0.25, 0.3) is 11.8 Å². The molecule has 2 amide bonds. The van der Waals surface area contributed by atoms with E-state index >= 15 is 0 Å². The van der Waals surface area contributed by atoms with Crippen molar-refractivity contribution in [3.63, 3.8) is 0 Å². The molecule has 0 radical (unpaired) electrons. The molecule has 0 aromatic carbocycles. The Morgan fingerprint density at radius 2 is 1.68 bits per heavy atom. The smallest absolute Gasteiger partial charge is 0.253 e. The third-order valence-electron chi connectivity index (χ3n) is 5.18. The van der Waals surface area contributed by atoms with Crippen molar-refractivity contribution in [2.75, 3.05) is 19.7 Å². The van der Waals surface area contributed by atoms with Gasteiger partial charge in [-0.05, 0) is 50.6 Å². The highest BCUT2D eigenvalue weighted by Gasteiger charge is 2.34. The SMILES string of the molecule is CC1CCNC(C2CC(CON3C(=O)CCC3=O)CCN2)C1. The molecule has 3 fully saturated rings. The minimum atomic E-state index is -0.196. The molecule has 6 heteroatoms. The summed E-state index contributed by atoms with van der Waals surface area (Å²) in [5.41, 5.74) is 0. The molecule has 0 aliphatic carbocycles. The third kappa shape index (κ3) is 3.67. The Bertz CT molecular complexity index is 413. The highest BCUT2D eigenvalue weighted by atomic mass is 16.7. The van der Waals surface area contributed by atoms with Gasteiger partial charge >= 0.3 is 0 Å². The highest BCUT2D eigenvalue weighted by Crippen LogP contribution is 2.25. The predicted octanol–water partition coefficient (Wildman–Crippen LogP) is 0.823. The molecule has 0 aromatic rings. The average molecular weight is 309 g/mol. The lowest BCUT2D eigenvalue weighted by atomic mass is 9.83. The normalized spacial score (nSPS) is 36.9. The zero-order valence-corrected chi connectivity index (χ0v) is 13.3. The predicted molar refractivity (Wildman–Crippen MR) is 81.7 cm³/mol. The second-order valence-electron chi connectivity index (χ2n) is 7.02. The number of imide groups is 1. The van der Waals surface area contributed by atoms with Gasteiger partial charge in [0, 0.05) is 24.9 Å². The summed E-state index contributed by atoms with van der Waals surface area (Å²) in [5.74, 6) is 0.799. The van der Waals surface area contributed by atoms with Crippen molar-refractivity contribution in [3.05, 3.63) is 0 Å². The van der Waals surface area contributed by atoms with E-state index < -0.39 is 0 Å². The summed E-state index contributed by atoms with van der Waals surface area (Å²) in [6, 6.07) is 0.997. The van der Waals surface area contributed by atoms with Crippen molar-refractivity contribution in [1.29, 1.82) is 0 Å². The fourth-order valence-electron chi connectivity index (χ4n) is 3.83. The van der Waals surface area contributed by atoms with Crippen LogP contribution in [0.5, 0.6) is 0 Å². The first-order valence-corrected chi connectivity index (χ1v) is 8.59. The van der Waals surface area contributed by atoms with E-state index in [4.69, 9.17) is 4.84 Å². The summed E-state index contributed by atoms with van der Waals surface area (Å²) in [6.07, 6.45) is 5.13. The van der Waals surface area contributed by atoms with E-state index in [9.17, 15) is 9.59 Å². The number of hydroxylamine groups is 2. The molecule has 6 nitrogen and oxygen atoms in total. The number of amides is 2. The van der Waals surface area contributed by atoms with Crippen LogP contribution in [0.4, 0.5) is 0 Å². The zero-order chi connectivity index (χ0) is 15.5. The van der Waals surface area contributed by atoms with E-state index in [2.05, 4.69) is 17.6 Å². The maximum atomic E-state index is 11.6. The molecule has 124 valence electrons. The Morgan fingerprint density at radius 1 is 1.05 bits per heavy atom. The Hall–Kier alpha value is -0.980. The molecular formula is C16H27N3O3. The van der Waals surface area contributed by atoms with Crippen molar-refractivity contribution >= 4 is 11.8 Å². The van der Waals surface area contributed by atoms with Crippen molar-refractivity contribution in [2.24, 2.45) is 11.8 Å². The van der Waals surface area contributed by atoms with Crippen molar-refractivity contribution in [2.45, 2.75) is 57.5 Å². The standard InChI is InChI=1S/C16H27N3O3/c1-11-4-6-17-13(8-11)14-9-12(5-7-18-14)10-22-19-15(20)2-3-16(19)21/h11-14,17-18H,2-10H2,1H3. The number of hydrogen-bond acceptors (Lipinski definition) is 5. The summed E-state index contributed by atoms with van der Waals surface area (Å²) < 4.78 is 0. The van der Waals surface area contributed by atoms with Crippen LogP contribution >= 0.6 is 0 Å². The van der Waals surface area contributed by atoms with Crippen LogP contribution in [-0.2, 0) is 14.4 Å². The van der Waals surface area contributed by atoms with E-state index in [1.807, 2.05) is 0 Å². The molecule has 0 aromatic heterocycles. The Kier molecular flexibility index (Phi) is 5.10. The Morgan fingerprint density at radius 3 is 2.36 bits per heavy atom. The minimum absolute atomic E-state index is 0.196. The maximum absolute atomic E-state index is 11.6. The quantitative estimate of drug-likeness (QED) is 0.753. The summed E-state index contributed by atoms with van der Waals surface area (Å²) >= 11 is 0. The van der Waals surface area contributed by atoms with Gasteiger partial charge < -0.3 is 10.6 Å². The van der Waals surface area contributed by atoms with Crippen molar-refractivity contribution in [1.82, 2.24) is 15.7 Å². The molecule has 3 rings (SSSR count). The molecule has 22 heavy (non-hydrogen) atoms. The van der Waals surface area contributed by atoms with Crippen LogP contribution in [0.1, 0.15) is 45.4 Å². The van der Waals surface area contributed by atoms with E-state index in [1.165, 1.54) is 12.8 Å². The van der Waals surface area contributed by atoms with Gasteiger partial charge in [-0.1, -0.05) is 6.92 Å². The number of carbonyl (C=O) groups excluding carboxylic acids is 2. The fourth-order valence-corrected chi connectivity index (χ4v) is 3.83. The monoisotopic (exact) mass is 309 g/mol. The third-order valence-corrected chi connectivity index (χ3v) is 5.18. The second kappa shape index (κ2) is 7.06. The van der Waals surface area contributed by atoms with Crippen LogP contribution in [-0.4, -0.2) is 48.7 Å². The summed E-state index contributed by atoms with van der Waals surface area (Å²) in [7, 11) is 0. The number of nitrogens with zero attached hydrogens (tertiary/aromatic N) is 1. The number of hydrogen-bond donors (Lipinski definition) is 2. The zero-order valence-electron chi connectivity index (χ0n) is 13.3. The van der Waals surface area contributed by atoms with Gasteiger partial charge in [-0.3, -0.25) is 14.4 Å². The molecule has 0 spiro atoms. The first-order valence-electron chi connectivity index (χ1n) is 8.59. The maximum Gasteiger partial charge on any atom is 0.253 e. The van der Waals surface area contributed by atoms with Crippen LogP contribution in [0.3, 0.4) is 0 Å². The fraction of sp³-hybridized carbons (Fsp3) is 0.875. The largest absolute Gasteiger partial charge is 0.312 e. The molecule has 4 atom stereocenters. The van der Waals surface area contributed by atoms with E-state index in [-0.39, 0.29) is 24.7 Å². The van der Waals surface area contributed by atoms with E-state index in [0.29, 0.717) is 24.6 Å². The first kappa shape index (κ1) is 15.9. The van der Waals surface area contributed by atoms with Crippen molar-refractivity contribution < 1.29 is 14.4 Å². The molecule has 0 saturated carbocycles. The van der Waals surface area contributed by atoms with Gasteiger partial charge in [-0.15, -0.1) is 0 Å². The van der Waals surface area contributed by atoms with E-state index in [0.717, 1.165) is 36.9 Å². The lowest BCUT2D eigenvalue weighted by Crippen LogP contribution is -2.54. The molecule has 0 bridgehead atoms. The molecule has 3 saturated heterocycles. The first-order chi connectivity index (χ1) is 10.6. The van der Waals surface area contributed by atoms with Gasteiger partial charge in [-0.25, -0.2) is 0 Å². The summed E-state index contributed by atoms with van der Waals surface area (Å²) in [5, 5.41) is 8.23. The topological polar surface area (TPSA) is 70.7 Å². The average Bonchev–Trinajstić information content (AvgIpc) is 2.84. The van der Waals surface area contributed by atoms with Gasteiger partial charge in [0.05, 0.1) is 6.61 Å². The van der Waals surface area contributed by atoms with Crippen LogP contribution in [0, 0.1) is 11.8 Å². The summed E-state index contributed by atoms with van der Waals surface area (Å²) in [6.45, 7) is 4.87. The molecule has 4 unspecified atom stereocenters. The molecule has 2 N–H and O–H groups in total. The number of nitrogens with one attached hydrogen (secondary N) is 2. The summed E-state index contributed by atoms with van der Waals surface area (Å²) in [4.78, 5) is 28.6. The molecule has 3 aliphatic rings. The van der Waals surface area contributed by atoms with Crippen LogP contribution in [0.2, 0.25) is 0 Å². The van der Waals surface area contributed by atoms with Crippen LogP contribution in [0.25, 0.3) is 0 Å². The molecule has 3 heterocycles.